The highest BCUT2D eigenvalue weighted by atomic mass is 16.6. The molecule has 372 valence electrons. The second-order valence-corrected chi connectivity index (χ2v) is 16.3. The summed E-state index contributed by atoms with van der Waals surface area (Å²) in [5.41, 5.74) is 0. The lowest BCUT2D eigenvalue weighted by molar-refractivity contribution is -0.166. The lowest BCUT2D eigenvalue weighted by Gasteiger charge is -2.18. The molecule has 0 heterocycles. The summed E-state index contributed by atoms with van der Waals surface area (Å²) in [5, 5.41) is 0. The van der Waals surface area contributed by atoms with Gasteiger partial charge in [-0.25, -0.2) is 0 Å². The normalized spacial score (nSPS) is 13.4. The predicted molar refractivity (Wildman–Crippen MR) is 288 cm³/mol. The van der Waals surface area contributed by atoms with Gasteiger partial charge in [-0.15, -0.1) is 0 Å². The molecule has 0 aromatic carbocycles. The summed E-state index contributed by atoms with van der Waals surface area (Å²) in [6.07, 6.45) is 78.5. The molecule has 0 bridgehead atoms. The van der Waals surface area contributed by atoms with Crippen LogP contribution in [0.5, 0.6) is 0 Å². The molecular formula is C61H92O6. The van der Waals surface area contributed by atoms with Crippen molar-refractivity contribution in [2.45, 2.75) is 194 Å². The molecule has 0 saturated heterocycles. The highest BCUT2D eigenvalue weighted by molar-refractivity contribution is 5.71. The second-order valence-electron chi connectivity index (χ2n) is 16.3. The Morgan fingerprint density at radius 1 is 0.313 bits per heavy atom. The number of esters is 3. The Morgan fingerprint density at radius 3 is 0.970 bits per heavy atom. The zero-order chi connectivity index (χ0) is 48.6. The molecule has 6 nitrogen and oxygen atoms in total. The minimum Gasteiger partial charge on any atom is -0.462 e. The van der Waals surface area contributed by atoms with Gasteiger partial charge in [0.2, 0.25) is 0 Å². The van der Waals surface area contributed by atoms with Crippen LogP contribution in [0.4, 0.5) is 0 Å². The monoisotopic (exact) mass is 921 g/mol. The van der Waals surface area contributed by atoms with Crippen molar-refractivity contribution in [3.63, 3.8) is 0 Å². The van der Waals surface area contributed by atoms with E-state index in [2.05, 4.69) is 167 Å². The largest absolute Gasteiger partial charge is 0.462 e. The molecule has 0 amide bonds. The summed E-state index contributed by atoms with van der Waals surface area (Å²) in [4.78, 5) is 37.7. The summed E-state index contributed by atoms with van der Waals surface area (Å²) in [7, 11) is 0. The van der Waals surface area contributed by atoms with E-state index < -0.39 is 12.1 Å². The Bertz CT molecular complexity index is 1570. The van der Waals surface area contributed by atoms with E-state index in [0.717, 1.165) is 109 Å². The highest BCUT2D eigenvalue weighted by Gasteiger charge is 2.19. The first kappa shape index (κ1) is 62.0. The number of carbonyl (C=O) groups is 3. The molecule has 0 aliphatic carbocycles. The first-order chi connectivity index (χ1) is 33.0. The van der Waals surface area contributed by atoms with E-state index in [1.807, 2.05) is 12.2 Å². The standard InChI is InChI=1S/C61H92O6/c1-4-7-10-13-16-18-20-22-23-24-25-26-27-28-29-30-31-32-33-34-35-36-37-39-40-42-45-48-51-54-60(63)66-57-58(56-65-59(62)53-50-47-44-15-12-9-6-3)67-61(64)55-52-49-46-43-41-38-21-19-17-14-11-8-5-2/h7-8,10-11,16-19,22-23,25-26,28-29,31-32,34-35,37-39,41-42,45-46,49,58H,4-6,9,12-15,20-21,24,27,30,33,36,40,43-44,47-48,50-57H2,1-3H3/b10-7-,11-8-,18-16-,19-17-,23-22-,26-25-,29-28-,32-31-,35-34-,39-37-,41-38-,45-42-,49-46-. The van der Waals surface area contributed by atoms with E-state index in [0.29, 0.717) is 19.3 Å². The quantitative estimate of drug-likeness (QED) is 0.0262. The minimum absolute atomic E-state index is 0.131. The zero-order valence-corrected chi connectivity index (χ0v) is 42.3. The molecule has 0 spiro atoms. The fourth-order valence-electron chi connectivity index (χ4n) is 6.22. The predicted octanol–water partition coefficient (Wildman–Crippen LogP) is 17.4. The van der Waals surface area contributed by atoms with Crippen molar-refractivity contribution in [1.29, 1.82) is 0 Å². The van der Waals surface area contributed by atoms with E-state index in [-0.39, 0.29) is 38.0 Å². The average molecular weight is 921 g/mol. The minimum atomic E-state index is -0.843. The van der Waals surface area contributed by atoms with Crippen LogP contribution >= 0.6 is 0 Å². The van der Waals surface area contributed by atoms with Crippen LogP contribution in [0.15, 0.2) is 158 Å². The summed E-state index contributed by atoms with van der Waals surface area (Å²) < 4.78 is 16.6. The molecule has 67 heavy (non-hydrogen) atoms. The van der Waals surface area contributed by atoms with Crippen molar-refractivity contribution in [1.82, 2.24) is 0 Å². The lowest BCUT2D eigenvalue weighted by Crippen LogP contribution is -2.30. The third-order valence-electron chi connectivity index (χ3n) is 10.0. The number of hydrogen-bond donors (Lipinski definition) is 0. The molecule has 0 saturated carbocycles. The Morgan fingerprint density at radius 2 is 0.612 bits per heavy atom. The number of carbonyl (C=O) groups excluding carboxylic acids is 3. The van der Waals surface area contributed by atoms with Crippen LogP contribution in [-0.2, 0) is 28.6 Å². The van der Waals surface area contributed by atoms with E-state index >= 15 is 0 Å². The first-order valence-corrected chi connectivity index (χ1v) is 26.0. The van der Waals surface area contributed by atoms with Crippen molar-refractivity contribution in [3.05, 3.63) is 158 Å². The van der Waals surface area contributed by atoms with Crippen LogP contribution in [0.2, 0.25) is 0 Å². The van der Waals surface area contributed by atoms with Gasteiger partial charge in [0, 0.05) is 19.3 Å². The Kier molecular flexibility index (Phi) is 49.7. The molecule has 0 aromatic heterocycles. The first-order valence-electron chi connectivity index (χ1n) is 26.0. The molecular weight excluding hydrogens is 829 g/mol. The fraction of sp³-hybridized carbons (Fsp3) is 0.525. The maximum Gasteiger partial charge on any atom is 0.306 e. The van der Waals surface area contributed by atoms with Crippen molar-refractivity contribution in [2.24, 2.45) is 0 Å². The van der Waals surface area contributed by atoms with Gasteiger partial charge in [-0.05, 0) is 109 Å². The van der Waals surface area contributed by atoms with Crippen LogP contribution < -0.4 is 0 Å². The van der Waals surface area contributed by atoms with Gasteiger partial charge in [-0.1, -0.05) is 217 Å². The Hall–Kier alpha value is -4.97. The SMILES string of the molecule is CC/C=C\C/C=C\C/C=C\C/C=C\C/C=C\C/C=C\C/C=C\C/C=C\C/C=C\CCCC(=O)OCC(COC(=O)CCCCCCCCC)OC(=O)CC/C=C\C/C=C\C/C=C\C/C=C\CC. The number of allylic oxidation sites excluding steroid dienone is 26. The van der Waals surface area contributed by atoms with E-state index in [9.17, 15) is 14.4 Å². The van der Waals surface area contributed by atoms with Crippen LogP contribution in [0.1, 0.15) is 188 Å². The molecule has 0 aliphatic rings. The maximum atomic E-state index is 12.7. The zero-order valence-electron chi connectivity index (χ0n) is 42.3. The Balaban J connectivity index is 4.39. The lowest BCUT2D eigenvalue weighted by atomic mass is 10.1. The maximum absolute atomic E-state index is 12.7. The average Bonchev–Trinajstić information content (AvgIpc) is 3.33. The van der Waals surface area contributed by atoms with E-state index in [4.69, 9.17) is 14.2 Å². The Labute approximate surface area is 409 Å². The van der Waals surface area contributed by atoms with Crippen molar-refractivity contribution in [3.8, 4) is 0 Å². The number of ether oxygens (including phenoxy) is 3. The van der Waals surface area contributed by atoms with Gasteiger partial charge in [-0.3, -0.25) is 14.4 Å². The molecule has 1 unspecified atom stereocenters. The third-order valence-corrected chi connectivity index (χ3v) is 10.0. The molecule has 0 rings (SSSR count). The number of unbranched alkanes of at least 4 members (excludes halogenated alkanes) is 7. The summed E-state index contributed by atoms with van der Waals surface area (Å²) in [5.74, 6) is -1.10. The number of hydrogen-bond acceptors (Lipinski definition) is 6. The van der Waals surface area contributed by atoms with Gasteiger partial charge in [0.1, 0.15) is 13.2 Å². The molecule has 0 radical (unpaired) electrons. The van der Waals surface area contributed by atoms with Crippen LogP contribution in [-0.4, -0.2) is 37.2 Å². The smallest absolute Gasteiger partial charge is 0.306 e. The second kappa shape index (κ2) is 53.6. The number of rotatable bonds is 44. The van der Waals surface area contributed by atoms with E-state index in [1.54, 1.807) is 0 Å². The molecule has 0 fully saturated rings. The fourth-order valence-corrected chi connectivity index (χ4v) is 6.22. The molecule has 0 N–H and O–H groups in total. The van der Waals surface area contributed by atoms with Gasteiger partial charge >= 0.3 is 17.9 Å². The molecule has 1 atom stereocenters. The summed E-state index contributed by atoms with van der Waals surface area (Å²) in [6.45, 7) is 6.21. The topological polar surface area (TPSA) is 78.9 Å². The van der Waals surface area contributed by atoms with Crippen molar-refractivity contribution in [2.75, 3.05) is 13.2 Å². The van der Waals surface area contributed by atoms with Crippen LogP contribution in [0.25, 0.3) is 0 Å². The molecule has 6 heteroatoms. The van der Waals surface area contributed by atoms with Crippen LogP contribution in [0, 0.1) is 0 Å². The van der Waals surface area contributed by atoms with Crippen molar-refractivity contribution >= 4 is 17.9 Å². The highest BCUT2D eigenvalue weighted by Crippen LogP contribution is 2.11. The van der Waals surface area contributed by atoms with Gasteiger partial charge in [0.05, 0.1) is 0 Å². The molecule has 0 aliphatic heterocycles. The molecule has 0 aromatic rings. The third kappa shape index (κ3) is 51.9. The van der Waals surface area contributed by atoms with Crippen molar-refractivity contribution < 1.29 is 28.6 Å². The van der Waals surface area contributed by atoms with Gasteiger partial charge in [0.25, 0.3) is 0 Å². The van der Waals surface area contributed by atoms with E-state index in [1.165, 1.54) is 25.7 Å². The summed E-state index contributed by atoms with van der Waals surface area (Å²) in [6, 6.07) is 0. The van der Waals surface area contributed by atoms with Gasteiger partial charge < -0.3 is 14.2 Å². The van der Waals surface area contributed by atoms with Gasteiger partial charge in [0.15, 0.2) is 6.10 Å². The van der Waals surface area contributed by atoms with Gasteiger partial charge in [-0.2, -0.15) is 0 Å². The summed E-state index contributed by atoms with van der Waals surface area (Å²) >= 11 is 0. The van der Waals surface area contributed by atoms with Crippen LogP contribution in [0.3, 0.4) is 0 Å².